The first-order valence-corrected chi connectivity index (χ1v) is 11.0. The van der Waals surface area contributed by atoms with Gasteiger partial charge < -0.3 is 10.6 Å². The standard InChI is InChI=1S/C24H22Cl2N4O/c1-13-9-21-27-14(2)22(23(30(21)29-13)17-7-8-19(25)20(26)12-17)24(31)28-18-10-15-5-3-4-6-16(15)11-18/h3-9,12,18,23,27H,10-11H2,1-2H3,(H,28,31). The van der Waals surface area contributed by atoms with E-state index in [1.165, 1.54) is 11.1 Å². The lowest BCUT2D eigenvalue weighted by molar-refractivity contribution is -0.118. The molecule has 0 bridgehead atoms. The lowest BCUT2D eigenvalue weighted by Gasteiger charge is -2.30. The van der Waals surface area contributed by atoms with E-state index in [0.29, 0.717) is 15.6 Å². The van der Waals surface area contributed by atoms with Crippen molar-refractivity contribution in [2.75, 3.05) is 5.32 Å². The van der Waals surface area contributed by atoms with E-state index in [1.807, 2.05) is 48.9 Å². The maximum absolute atomic E-state index is 13.6. The van der Waals surface area contributed by atoms with Crippen LogP contribution in [-0.4, -0.2) is 21.7 Å². The van der Waals surface area contributed by atoms with Crippen LogP contribution in [0.25, 0.3) is 0 Å². The number of anilines is 1. The topological polar surface area (TPSA) is 59.0 Å². The van der Waals surface area contributed by atoms with Crippen LogP contribution < -0.4 is 10.6 Å². The lowest BCUT2D eigenvalue weighted by atomic mass is 9.94. The minimum Gasteiger partial charge on any atom is -0.349 e. The third-order valence-electron chi connectivity index (χ3n) is 5.99. The second-order valence-electron chi connectivity index (χ2n) is 8.20. The van der Waals surface area contributed by atoms with Crippen molar-refractivity contribution in [3.05, 3.63) is 92.2 Å². The first kappa shape index (κ1) is 20.2. The third kappa shape index (κ3) is 3.62. The maximum Gasteiger partial charge on any atom is 0.251 e. The van der Waals surface area contributed by atoms with Gasteiger partial charge >= 0.3 is 0 Å². The van der Waals surface area contributed by atoms with Crippen molar-refractivity contribution >= 4 is 34.9 Å². The molecule has 7 heteroatoms. The van der Waals surface area contributed by atoms with E-state index in [9.17, 15) is 4.79 Å². The van der Waals surface area contributed by atoms with E-state index in [0.717, 1.165) is 35.6 Å². The number of benzene rings is 2. The van der Waals surface area contributed by atoms with E-state index in [-0.39, 0.29) is 11.9 Å². The summed E-state index contributed by atoms with van der Waals surface area (Å²) in [5.74, 6) is 0.744. The maximum atomic E-state index is 13.6. The highest BCUT2D eigenvalue weighted by molar-refractivity contribution is 6.42. The molecule has 0 saturated heterocycles. The molecule has 3 aromatic rings. The van der Waals surface area contributed by atoms with Crippen LogP contribution in [0.5, 0.6) is 0 Å². The van der Waals surface area contributed by atoms with Gasteiger partial charge in [0.05, 0.1) is 21.3 Å². The number of hydrogen-bond acceptors (Lipinski definition) is 3. The van der Waals surface area contributed by atoms with Gasteiger partial charge in [0.15, 0.2) is 0 Å². The smallest absolute Gasteiger partial charge is 0.251 e. The molecule has 158 valence electrons. The summed E-state index contributed by atoms with van der Waals surface area (Å²) in [5, 5.41) is 12.2. The van der Waals surface area contributed by atoms with Gasteiger partial charge in [0.25, 0.3) is 5.91 Å². The summed E-state index contributed by atoms with van der Waals surface area (Å²) in [6.07, 6.45) is 1.68. The number of aromatic nitrogens is 2. The van der Waals surface area contributed by atoms with Gasteiger partial charge in [-0.3, -0.25) is 4.79 Å². The third-order valence-corrected chi connectivity index (χ3v) is 6.72. The number of amides is 1. The average molecular weight is 453 g/mol. The van der Waals surface area contributed by atoms with Gasteiger partial charge in [-0.2, -0.15) is 5.10 Å². The van der Waals surface area contributed by atoms with Crippen molar-refractivity contribution < 1.29 is 4.79 Å². The molecule has 2 heterocycles. The number of aryl methyl sites for hydroxylation is 1. The van der Waals surface area contributed by atoms with Gasteiger partial charge in [0.2, 0.25) is 0 Å². The summed E-state index contributed by atoms with van der Waals surface area (Å²) in [6.45, 7) is 3.86. The predicted molar refractivity (Wildman–Crippen MR) is 124 cm³/mol. The van der Waals surface area contributed by atoms with Crippen molar-refractivity contribution in [3.8, 4) is 0 Å². The molecule has 5 nitrogen and oxygen atoms in total. The molecule has 1 amide bonds. The zero-order valence-electron chi connectivity index (χ0n) is 17.2. The lowest BCUT2D eigenvalue weighted by Crippen LogP contribution is -2.40. The molecular weight excluding hydrogens is 431 g/mol. The van der Waals surface area contributed by atoms with Gasteiger partial charge in [0.1, 0.15) is 11.9 Å². The minimum absolute atomic E-state index is 0.0698. The molecule has 0 spiro atoms. The van der Waals surface area contributed by atoms with Crippen LogP contribution in [-0.2, 0) is 17.6 Å². The molecule has 0 radical (unpaired) electrons. The fourth-order valence-corrected chi connectivity index (χ4v) is 4.91. The quantitative estimate of drug-likeness (QED) is 0.582. The molecule has 2 aromatic carbocycles. The molecule has 0 saturated carbocycles. The zero-order chi connectivity index (χ0) is 21.7. The number of rotatable bonds is 3. The molecule has 1 aromatic heterocycles. The molecule has 1 atom stereocenters. The van der Waals surface area contributed by atoms with Crippen molar-refractivity contribution in [3.63, 3.8) is 0 Å². The number of hydrogen-bond donors (Lipinski definition) is 2. The number of nitrogens with one attached hydrogen (secondary N) is 2. The molecule has 2 N–H and O–H groups in total. The van der Waals surface area contributed by atoms with Gasteiger partial charge in [-0.1, -0.05) is 53.5 Å². The summed E-state index contributed by atoms with van der Waals surface area (Å²) < 4.78 is 1.85. The van der Waals surface area contributed by atoms with E-state index >= 15 is 0 Å². The van der Waals surface area contributed by atoms with E-state index in [4.69, 9.17) is 23.2 Å². The number of nitrogens with zero attached hydrogens (tertiary/aromatic N) is 2. The van der Waals surface area contributed by atoms with Crippen LogP contribution in [0.15, 0.2) is 59.8 Å². The Balaban J connectivity index is 1.50. The summed E-state index contributed by atoms with van der Waals surface area (Å²) in [4.78, 5) is 13.6. The monoisotopic (exact) mass is 452 g/mol. The van der Waals surface area contributed by atoms with Gasteiger partial charge in [-0.05, 0) is 55.5 Å². The van der Waals surface area contributed by atoms with Crippen LogP contribution >= 0.6 is 23.2 Å². The van der Waals surface area contributed by atoms with Crippen molar-refractivity contribution in [1.82, 2.24) is 15.1 Å². The second kappa shape index (κ2) is 7.74. The Hall–Kier alpha value is -2.76. The van der Waals surface area contributed by atoms with Gasteiger partial charge in [0, 0.05) is 17.8 Å². The molecule has 1 aliphatic carbocycles. The Morgan fingerprint density at radius 1 is 1.06 bits per heavy atom. The Labute approximate surface area is 191 Å². The van der Waals surface area contributed by atoms with Gasteiger partial charge in [-0.15, -0.1) is 0 Å². The number of carbonyl (C=O) groups excluding carboxylic acids is 1. The van der Waals surface area contributed by atoms with E-state index in [2.05, 4.69) is 27.9 Å². The summed E-state index contributed by atoms with van der Waals surface area (Å²) >= 11 is 12.5. The van der Waals surface area contributed by atoms with Crippen LogP contribution in [0.3, 0.4) is 0 Å². The van der Waals surface area contributed by atoms with Crippen LogP contribution in [0.2, 0.25) is 10.0 Å². The number of fused-ring (bicyclic) bond motifs is 2. The Bertz CT molecular complexity index is 1210. The molecular formula is C24H22Cl2N4O. The van der Waals surface area contributed by atoms with Crippen molar-refractivity contribution in [2.24, 2.45) is 0 Å². The largest absolute Gasteiger partial charge is 0.349 e. The van der Waals surface area contributed by atoms with E-state index in [1.54, 1.807) is 6.07 Å². The van der Waals surface area contributed by atoms with Gasteiger partial charge in [-0.25, -0.2) is 4.68 Å². The highest BCUT2D eigenvalue weighted by Crippen LogP contribution is 2.38. The number of carbonyl (C=O) groups is 1. The SMILES string of the molecule is CC1=C(C(=O)NC2Cc3ccccc3C2)C(c2ccc(Cl)c(Cl)c2)n2nc(C)cc2N1. The van der Waals surface area contributed by atoms with Crippen LogP contribution in [0.4, 0.5) is 5.82 Å². The highest BCUT2D eigenvalue weighted by Gasteiger charge is 2.35. The molecule has 1 unspecified atom stereocenters. The van der Waals surface area contributed by atoms with E-state index < -0.39 is 6.04 Å². The van der Waals surface area contributed by atoms with Crippen molar-refractivity contribution in [1.29, 1.82) is 0 Å². The summed E-state index contributed by atoms with van der Waals surface area (Å²) in [5.41, 5.74) is 5.76. The average Bonchev–Trinajstić information content (AvgIpc) is 3.30. The number of allylic oxidation sites excluding steroid dienone is 1. The molecule has 0 fully saturated rings. The first-order chi connectivity index (χ1) is 14.9. The molecule has 2 aliphatic rings. The summed E-state index contributed by atoms with van der Waals surface area (Å²) in [6, 6.07) is 15.5. The second-order valence-corrected chi connectivity index (χ2v) is 9.02. The fraction of sp³-hybridized carbons (Fsp3) is 0.250. The molecule has 5 rings (SSSR count). The first-order valence-electron chi connectivity index (χ1n) is 10.3. The van der Waals surface area contributed by atoms with Crippen LogP contribution in [0, 0.1) is 6.92 Å². The zero-order valence-corrected chi connectivity index (χ0v) is 18.8. The Morgan fingerprint density at radius 3 is 2.45 bits per heavy atom. The Kier molecular flexibility index (Phi) is 5.03. The number of halogens is 2. The minimum atomic E-state index is -0.400. The molecule has 31 heavy (non-hydrogen) atoms. The summed E-state index contributed by atoms with van der Waals surface area (Å²) in [7, 11) is 0. The van der Waals surface area contributed by atoms with Crippen molar-refractivity contribution in [2.45, 2.75) is 38.8 Å². The predicted octanol–water partition coefficient (Wildman–Crippen LogP) is 5.07. The Morgan fingerprint density at radius 2 is 1.77 bits per heavy atom. The normalized spacial score (nSPS) is 17.9. The highest BCUT2D eigenvalue weighted by atomic mass is 35.5. The fourth-order valence-electron chi connectivity index (χ4n) is 4.60. The molecule has 1 aliphatic heterocycles. The van der Waals surface area contributed by atoms with Crippen LogP contribution in [0.1, 0.15) is 35.3 Å².